The van der Waals surface area contributed by atoms with Crippen LogP contribution in [-0.4, -0.2) is 40.6 Å². The van der Waals surface area contributed by atoms with E-state index >= 15 is 0 Å². The Bertz CT molecular complexity index is 658. The molecule has 0 saturated heterocycles. The van der Waals surface area contributed by atoms with Gasteiger partial charge in [0.25, 0.3) is 0 Å². The second-order valence-corrected chi connectivity index (χ2v) is 5.68. The van der Waals surface area contributed by atoms with Crippen LogP contribution >= 0.6 is 0 Å². The van der Waals surface area contributed by atoms with E-state index in [1.165, 1.54) is 6.92 Å². The summed E-state index contributed by atoms with van der Waals surface area (Å²) >= 11 is 0. The van der Waals surface area contributed by atoms with E-state index < -0.39 is 38.7 Å². The normalized spacial score (nSPS) is 12.6. The van der Waals surface area contributed by atoms with Gasteiger partial charge in [-0.1, -0.05) is 0 Å². The van der Waals surface area contributed by atoms with Crippen molar-refractivity contribution in [2.75, 3.05) is 14.2 Å². The largest absolute Gasteiger partial charge is 0.468 e. The Kier molecular flexibility index (Phi) is 5.39. The third-order valence-corrected chi connectivity index (χ3v) is 4.11. The van der Waals surface area contributed by atoms with Crippen molar-refractivity contribution in [1.82, 2.24) is 4.72 Å². The average molecular weight is 319 g/mol. The van der Waals surface area contributed by atoms with Gasteiger partial charge in [0.15, 0.2) is 0 Å². The Morgan fingerprint density at radius 1 is 1.24 bits per heavy atom. The van der Waals surface area contributed by atoms with Crippen LogP contribution < -0.4 is 4.72 Å². The molecule has 0 aromatic heterocycles. The maximum atomic E-state index is 13.3. The molecule has 1 aromatic carbocycles. The summed E-state index contributed by atoms with van der Waals surface area (Å²) in [6.45, 7) is 1.25. The molecule has 1 N–H and O–H groups in total. The molecule has 1 rings (SSSR count). The zero-order valence-electron chi connectivity index (χ0n) is 11.5. The molecule has 0 saturated carbocycles. The van der Waals surface area contributed by atoms with Crippen LogP contribution in [0.1, 0.15) is 17.3 Å². The molecular weight excluding hydrogens is 305 g/mol. The number of ether oxygens (including phenoxy) is 2. The summed E-state index contributed by atoms with van der Waals surface area (Å²) in [5.41, 5.74) is -0.344. The van der Waals surface area contributed by atoms with E-state index in [9.17, 15) is 22.4 Å². The Balaban J connectivity index is 3.27. The van der Waals surface area contributed by atoms with E-state index in [0.29, 0.717) is 6.07 Å². The van der Waals surface area contributed by atoms with Crippen LogP contribution in [0.25, 0.3) is 0 Å². The quantitative estimate of drug-likeness (QED) is 0.791. The van der Waals surface area contributed by atoms with Gasteiger partial charge in [-0.2, -0.15) is 4.72 Å². The van der Waals surface area contributed by atoms with E-state index in [1.54, 1.807) is 0 Å². The number of sulfonamides is 1. The second kappa shape index (κ2) is 6.64. The molecule has 116 valence electrons. The van der Waals surface area contributed by atoms with Gasteiger partial charge in [-0.3, -0.25) is 4.79 Å². The molecule has 0 aliphatic heterocycles. The van der Waals surface area contributed by atoms with Gasteiger partial charge < -0.3 is 9.47 Å². The molecule has 0 bridgehead atoms. The standard InChI is InChI=1S/C12H14FNO6S/c1-7(11(15)19-2)14-21(17,18)10-6-8(13)4-5-9(10)12(16)20-3/h4-7,14H,1-3H3. The number of benzene rings is 1. The summed E-state index contributed by atoms with van der Waals surface area (Å²) < 4.78 is 48.4. The molecule has 1 unspecified atom stereocenters. The highest BCUT2D eigenvalue weighted by Gasteiger charge is 2.27. The highest BCUT2D eigenvalue weighted by Crippen LogP contribution is 2.18. The number of carbonyl (C=O) groups is 2. The summed E-state index contributed by atoms with van der Waals surface area (Å²) in [7, 11) is -2.16. The van der Waals surface area contributed by atoms with Crippen LogP contribution in [-0.2, 0) is 24.3 Å². The minimum atomic E-state index is -4.31. The number of nitrogens with one attached hydrogen (secondary N) is 1. The number of carbonyl (C=O) groups excluding carboxylic acids is 2. The Labute approximate surface area is 121 Å². The molecule has 0 aliphatic carbocycles. The van der Waals surface area contributed by atoms with Crippen molar-refractivity contribution in [3.8, 4) is 0 Å². The molecule has 0 aliphatic rings. The summed E-state index contributed by atoms with van der Waals surface area (Å²) in [5, 5.41) is 0. The summed E-state index contributed by atoms with van der Waals surface area (Å²) in [5.74, 6) is -2.62. The fraction of sp³-hybridized carbons (Fsp3) is 0.333. The van der Waals surface area contributed by atoms with Crippen molar-refractivity contribution in [3.63, 3.8) is 0 Å². The van der Waals surface area contributed by atoms with Crippen LogP contribution in [0.15, 0.2) is 23.1 Å². The lowest BCUT2D eigenvalue weighted by Gasteiger charge is -2.14. The molecule has 7 nitrogen and oxygen atoms in total. The fourth-order valence-electron chi connectivity index (χ4n) is 1.52. The maximum absolute atomic E-state index is 13.3. The smallest absolute Gasteiger partial charge is 0.339 e. The number of rotatable bonds is 5. The number of hydrogen-bond acceptors (Lipinski definition) is 6. The first kappa shape index (κ1) is 17.1. The average Bonchev–Trinajstić information content (AvgIpc) is 2.44. The maximum Gasteiger partial charge on any atom is 0.339 e. The first-order valence-electron chi connectivity index (χ1n) is 5.71. The van der Waals surface area contributed by atoms with Gasteiger partial charge in [0.05, 0.1) is 24.7 Å². The fourth-order valence-corrected chi connectivity index (χ4v) is 2.92. The molecule has 0 fully saturated rings. The highest BCUT2D eigenvalue weighted by molar-refractivity contribution is 7.89. The van der Waals surface area contributed by atoms with Crippen molar-refractivity contribution < 1.29 is 31.9 Å². The summed E-state index contributed by atoms with van der Waals surface area (Å²) in [6, 6.07) is 1.38. The molecule has 1 atom stereocenters. The van der Waals surface area contributed by atoms with Gasteiger partial charge in [0, 0.05) is 0 Å². The minimum Gasteiger partial charge on any atom is -0.468 e. The predicted molar refractivity (Wildman–Crippen MR) is 69.5 cm³/mol. The topological polar surface area (TPSA) is 98.8 Å². The number of halogens is 1. The van der Waals surface area contributed by atoms with Crippen LogP contribution in [0.5, 0.6) is 0 Å². The molecular formula is C12H14FNO6S. The Hall–Kier alpha value is -2.00. The van der Waals surface area contributed by atoms with Gasteiger partial charge in [-0.15, -0.1) is 0 Å². The van der Waals surface area contributed by atoms with Crippen molar-refractivity contribution in [1.29, 1.82) is 0 Å². The minimum absolute atomic E-state index is 0.344. The first-order valence-corrected chi connectivity index (χ1v) is 7.19. The van der Waals surface area contributed by atoms with E-state index in [1.807, 2.05) is 4.72 Å². The molecule has 9 heteroatoms. The van der Waals surface area contributed by atoms with Crippen LogP contribution in [0, 0.1) is 5.82 Å². The lowest BCUT2D eigenvalue weighted by Crippen LogP contribution is -2.39. The summed E-state index contributed by atoms with van der Waals surface area (Å²) in [6.07, 6.45) is 0. The number of hydrogen-bond donors (Lipinski definition) is 1. The predicted octanol–water partition coefficient (Wildman–Crippen LogP) is 0.452. The van der Waals surface area contributed by atoms with E-state index in [-0.39, 0.29) is 5.56 Å². The molecule has 21 heavy (non-hydrogen) atoms. The van der Waals surface area contributed by atoms with Gasteiger partial charge in [0.2, 0.25) is 10.0 Å². The summed E-state index contributed by atoms with van der Waals surface area (Å²) in [4.78, 5) is 22.2. The van der Waals surface area contributed by atoms with Crippen molar-refractivity contribution in [2.45, 2.75) is 17.9 Å². The molecule has 0 spiro atoms. The van der Waals surface area contributed by atoms with Gasteiger partial charge in [-0.05, 0) is 25.1 Å². The first-order chi connectivity index (χ1) is 9.72. The third-order valence-electron chi connectivity index (χ3n) is 2.53. The van der Waals surface area contributed by atoms with Crippen LogP contribution in [0.4, 0.5) is 4.39 Å². The molecule has 0 amide bonds. The van der Waals surface area contributed by atoms with Gasteiger partial charge in [-0.25, -0.2) is 17.6 Å². The van der Waals surface area contributed by atoms with Crippen molar-refractivity contribution >= 4 is 22.0 Å². The molecule has 0 radical (unpaired) electrons. The van der Waals surface area contributed by atoms with Crippen LogP contribution in [0.3, 0.4) is 0 Å². The lowest BCUT2D eigenvalue weighted by molar-refractivity contribution is -0.142. The highest BCUT2D eigenvalue weighted by atomic mass is 32.2. The van der Waals surface area contributed by atoms with E-state index in [4.69, 9.17) is 0 Å². The lowest BCUT2D eigenvalue weighted by atomic mass is 10.2. The second-order valence-electron chi connectivity index (χ2n) is 4.00. The Morgan fingerprint density at radius 3 is 2.38 bits per heavy atom. The van der Waals surface area contributed by atoms with Gasteiger partial charge >= 0.3 is 11.9 Å². The Morgan fingerprint density at radius 2 is 1.86 bits per heavy atom. The van der Waals surface area contributed by atoms with E-state index in [2.05, 4.69) is 9.47 Å². The molecule has 0 heterocycles. The van der Waals surface area contributed by atoms with Gasteiger partial charge in [0.1, 0.15) is 11.9 Å². The monoisotopic (exact) mass is 319 g/mol. The zero-order chi connectivity index (χ0) is 16.2. The SMILES string of the molecule is COC(=O)c1ccc(F)cc1S(=O)(=O)NC(C)C(=O)OC. The number of methoxy groups -OCH3 is 2. The van der Waals surface area contributed by atoms with E-state index in [0.717, 1.165) is 26.4 Å². The molecule has 1 aromatic rings. The number of esters is 2. The van der Waals surface area contributed by atoms with Crippen LogP contribution in [0.2, 0.25) is 0 Å². The van der Waals surface area contributed by atoms with Crippen molar-refractivity contribution in [3.05, 3.63) is 29.6 Å². The zero-order valence-corrected chi connectivity index (χ0v) is 12.4. The third kappa shape index (κ3) is 3.99. The van der Waals surface area contributed by atoms with Crippen molar-refractivity contribution in [2.24, 2.45) is 0 Å².